The lowest BCUT2D eigenvalue weighted by Gasteiger charge is -2.21. The molecule has 0 amide bonds. The first-order chi connectivity index (χ1) is 14.8. The maximum absolute atomic E-state index is 15.3. The van der Waals surface area contributed by atoms with E-state index >= 15 is 4.39 Å². The number of rotatable bonds is 6. The molecular weight excluding hydrogens is 427 g/mol. The molecule has 3 aromatic rings. The minimum atomic E-state index is -1.70. The molecule has 4 rings (SSSR count). The van der Waals surface area contributed by atoms with E-state index < -0.39 is 35.4 Å². The van der Waals surface area contributed by atoms with Gasteiger partial charge in [0.25, 0.3) is 0 Å². The minimum absolute atomic E-state index is 0.0421. The normalized spacial score (nSPS) is 23.0. The summed E-state index contributed by atoms with van der Waals surface area (Å²) >= 11 is 0.874. The van der Waals surface area contributed by atoms with Crippen molar-refractivity contribution in [2.75, 3.05) is 12.3 Å². The SMILES string of the molecule is C=C(C)O[C@@H]1[C@@H](F)[C@@H](COC(=O)c2ccccc2)O[C@H]1n1c(=O)sc2cnc(N)nc21. The number of carbonyl (C=O) groups is 1. The largest absolute Gasteiger partial charge is 0.488 e. The van der Waals surface area contributed by atoms with Gasteiger partial charge in [-0.3, -0.25) is 9.36 Å². The number of hydrogen-bond donors (Lipinski definition) is 1. The Labute approximate surface area is 179 Å². The van der Waals surface area contributed by atoms with Crippen molar-refractivity contribution in [3.63, 3.8) is 0 Å². The molecule has 1 aliphatic rings. The first-order valence-corrected chi connectivity index (χ1v) is 10.1. The summed E-state index contributed by atoms with van der Waals surface area (Å²) in [5, 5.41) is 0. The van der Waals surface area contributed by atoms with Crippen LogP contribution in [0.3, 0.4) is 0 Å². The quantitative estimate of drug-likeness (QED) is 0.453. The summed E-state index contributed by atoms with van der Waals surface area (Å²) in [4.78, 5) is 32.4. The number of nitrogens with zero attached hydrogens (tertiary/aromatic N) is 3. The molecule has 31 heavy (non-hydrogen) atoms. The van der Waals surface area contributed by atoms with E-state index in [0.29, 0.717) is 10.3 Å². The average molecular weight is 446 g/mol. The van der Waals surface area contributed by atoms with Gasteiger partial charge in [-0.1, -0.05) is 36.1 Å². The fraction of sp³-hybridized carbons (Fsp3) is 0.300. The summed E-state index contributed by atoms with van der Waals surface area (Å²) in [7, 11) is 0. The molecular formula is C20H19FN4O5S. The van der Waals surface area contributed by atoms with E-state index in [2.05, 4.69) is 16.5 Å². The van der Waals surface area contributed by atoms with Crippen LogP contribution in [0.15, 0.2) is 53.7 Å². The highest BCUT2D eigenvalue weighted by atomic mass is 32.1. The molecule has 3 heterocycles. The van der Waals surface area contributed by atoms with Gasteiger partial charge in [0.15, 0.2) is 24.2 Å². The number of benzene rings is 1. The number of ether oxygens (including phenoxy) is 3. The third kappa shape index (κ3) is 4.14. The van der Waals surface area contributed by atoms with Crippen LogP contribution in [0.25, 0.3) is 10.3 Å². The number of hydrogen-bond acceptors (Lipinski definition) is 9. The van der Waals surface area contributed by atoms with Crippen LogP contribution < -0.4 is 10.6 Å². The number of carbonyl (C=O) groups excluding carboxylic acids is 1. The van der Waals surface area contributed by atoms with Crippen LogP contribution in [0.4, 0.5) is 10.3 Å². The van der Waals surface area contributed by atoms with Crippen LogP contribution in [-0.2, 0) is 14.2 Å². The van der Waals surface area contributed by atoms with E-state index in [1.807, 2.05) is 0 Å². The second-order valence-corrected chi connectivity index (χ2v) is 7.91. The highest BCUT2D eigenvalue weighted by molar-refractivity contribution is 7.16. The fourth-order valence-electron chi connectivity index (χ4n) is 3.28. The number of nitrogens with two attached hydrogens (primary N) is 1. The van der Waals surface area contributed by atoms with Crippen molar-refractivity contribution in [3.8, 4) is 0 Å². The summed E-state index contributed by atoms with van der Waals surface area (Å²) in [6.07, 6.45) is -3.82. The molecule has 0 aliphatic carbocycles. The van der Waals surface area contributed by atoms with Crippen molar-refractivity contribution >= 4 is 33.6 Å². The zero-order chi connectivity index (χ0) is 22.1. The van der Waals surface area contributed by atoms with E-state index in [1.54, 1.807) is 37.3 Å². The van der Waals surface area contributed by atoms with Crippen molar-refractivity contribution in [2.24, 2.45) is 0 Å². The zero-order valence-electron chi connectivity index (χ0n) is 16.4. The third-order valence-corrected chi connectivity index (χ3v) is 5.50. The van der Waals surface area contributed by atoms with Crippen LogP contribution in [0.5, 0.6) is 0 Å². The molecule has 0 saturated carbocycles. The number of alkyl halides is 1. The van der Waals surface area contributed by atoms with E-state index in [1.165, 1.54) is 10.8 Å². The van der Waals surface area contributed by atoms with Crippen molar-refractivity contribution in [1.82, 2.24) is 14.5 Å². The van der Waals surface area contributed by atoms with E-state index in [-0.39, 0.29) is 24.0 Å². The average Bonchev–Trinajstić information content (AvgIpc) is 3.22. The van der Waals surface area contributed by atoms with Gasteiger partial charge in [-0.05, 0) is 19.1 Å². The smallest absolute Gasteiger partial charge is 0.338 e. The molecule has 1 aromatic carbocycles. The fourth-order valence-corrected chi connectivity index (χ4v) is 4.10. The van der Waals surface area contributed by atoms with Gasteiger partial charge < -0.3 is 19.9 Å². The molecule has 0 radical (unpaired) electrons. The van der Waals surface area contributed by atoms with Crippen LogP contribution in [0.1, 0.15) is 23.5 Å². The monoisotopic (exact) mass is 446 g/mol. The first kappa shape index (κ1) is 20.9. The highest BCUT2D eigenvalue weighted by Crippen LogP contribution is 2.36. The Kier molecular flexibility index (Phi) is 5.70. The van der Waals surface area contributed by atoms with Crippen LogP contribution in [0, 0.1) is 0 Å². The van der Waals surface area contributed by atoms with Gasteiger partial charge in [0.2, 0.25) is 5.95 Å². The van der Waals surface area contributed by atoms with Gasteiger partial charge >= 0.3 is 10.8 Å². The molecule has 0 spiro atoms. The molecule has 4 atom stereocenters. The standard InChI is InChI=1S/C20H19FN4O5S/c1-10(2)29-15-14(21)12(9-28-18(26)11-6-4-3-5-7-11)30-17(15)25-16-13(31-20(25)27)8-23-19(22)24-16/h3-8,12,14-15,17H,1,9H2,2H3,(H2,22,23,24)/t12-,14+,15-,17-/m1/s1. The third-order valence-electron chi connectivity index (χ3n) is 4.62. The predicted octanol–water partition coefficient (Wildman–Crippen LogP) is 2.45. The van der Waals surface area contributed by atoms with Crippen LogP contribution in [0.2, 0.25) is 0 Å². The van der Waals surface area contributed by atoms with Crippen molar-refractivity contribution in [3.05, 3.63) is 64.1 Å². The first-order valence-electron chi connectivity index (χ1n) is 9.32. The second kappa shape index (κ2) is 8.44. The van der Waals surface area contributed by atoms with Gasteiger partial charge in [-0.2, -0.15) is 4.98 Å². The molecule has 162 valence electrons. The zero-order valence-corrected chi connectivity index (χ0v) is 17.3. The number of allylic oxidation sites excluding steroid dienone is 1. The summed E-state index contributed by atoms with van der Waals surface area (Å²) in [5.41, 5.74) is 6.19. The topological polar surface area (TPSA) is 119 Å². The van der Waals surface area contributed by atoms with Crippen molar-refractivity contribution in [1.29, 1.82) is 0 Å². The van der Waals surface area contributed by atoms with Gasteiger partial charge in [0.05, 0.1) is 22.2 Å². The Morgan fingerprint density at radius 3 is 2.84 bits per heavy atom. The van der Waals surface area contributed by atoms with Gasteiger partial charge in [0.1, 0.15) is 12.7 Å². The Morgan fingerprint density at radius 2 is 2.13 bits per heavy atom. The lowest BCUT2D eigenvalue weighted by molar-refractivity contribution is -0.0597. The number of aromatic nitrogens is 3. The number of halogens is 1. The molecule has 11 heteroatoms. The van der Waals surface area contributed by atoms with Crippen LogP contribution >= 0.6 is 11.3 Å². The molecule has 1 saturated heterocycles. The molecule has 0 unspecified atom stereocenters. The van der Waals surface area contributed by atoms with E-state index in [0.717, 1.165) is 11.3 Å². The second-order valence-electron chi connectivity index (χ2n) is 6.91. The van der Waals surface area contributed by atoms with Gasteiger partial charge in [-0.25, -0.2) is 14.2 Å². The molecule has 1 fully saturated rings. The lowest BCUT2D eigenvalue weighted by Crippen LogP contribution is -2.34. The summed E-state index contributed by atoms with van der Waals surface area (Å²) in [6.45, 7) is 4.84. The van der Waals surface area contributed by atoms with E-state index in [4.69, 9.17) is 19.9 Å². The number of thiazole rings is 1. The maximum Gasteiger partial charge on any atom is 0.338 e. The number of fused-ring (bicyclic) bond motifs is 1. The molecule has 2 N–H and O–H groups in total. The highest BCUT2D eigenvalue weighted by Gasteiger charge is 2.49. The predicted molar refractivity (Wildman–Crippen MR) is 111 cm³/mol. The number of esters is 1. The maximum atomic E-state index is 15.3. The number of anilines is 1. The molecule has 2 aromatic heterocycles. The molecule has 0 bridgehead atoms. The van der Waals surface area contributed by atoms with Gasteiger partial charge in [-0.15, -0.1) is 0 Å². The van der Waals surface area contributed by atoms with Crippen LogP contribution in [-0.4, -0.2) is 45.5 Å². The Hall–Kier alpha value is -3.31. The summed E-state index contributed by atoms with van der Waals surface area (Å²) in [6, 6.07) is 8.31. The van der Waals surface area contributed by atoms with E-state index in [9.17, 15) is 9.59 Å². The Balaban J connectivity index is 1.61. The lowest BCUT2D eigenvalue weighted by atomic mass is 10.1. The minimum Gasteiger partial charge on any atom is -0.488 e. The Morgan fingerprint density at radius 1 is 1.39 bits per heavy atom. The van der Waals surface area contributed by atoms with Crippen molar-refractivity contribution < 1.29 is 23.4 Å². The molecule has 9 nitrogen and oxygen atoms in total. The summed E-state index contributed by atoms with van der Waals surface area (Å²) < 4.78 is 33.5. The Bertz CT molecular complexity index is 1180. The van der Waals surface area contributed by atoms with Crippen molar-refractivity contribution in [2.45, 2.75) is 31.5 Å². The number of nitrogen functional groups attached to an aromatic ring is 1. The van der Waals surface area contributed by atoms with Gasteiger partial charge in [0, 0.05) is 0 Å². The summed E-state index contributed by atoms with van der Waals surface area (Å²) in [5.74, 6) is -0.416. The molecule has 1 aliphatic heterocycles.